The number of nitrogens with zero attached hydrogens (tertiary/aromatic N) is 2. The maximum Gasteiger partial charge on any atom is 0.0997 e. The Morgan fingerprint density at radius 3 is 2.95 bits per heavy atom. The second-order valence-electron chi connectivity index (χ2n) is 4.99. The Hall–Kier alpha value is -1.32. The monoisotopic (exact) mass is 275 g/mol. The van der Waals surface area contributed by atoms with Crippen LogP contribution in [0.4, 0.5) is 0 Å². The Labute approximate surface area is 118 Å². The lowest BCUT2D eigenvalue weighted by Crippen LogP contribution is -2.11. The number of aromatic nitrogens is 2. The molecule has 2 N–H and O–H groups in total. The van der Waals surface area contributed by atoms with Gasteiger partial charge in [0.15, 0.2) is 0 Å². The molecule has 100 valence electrons. The molecule has 0 spiro atoms. The van der Waals surface area contributed by atoms with Crippen LogP contribution in [0.15, 0.2) is 24.5 Å². The largest absolute Gasteiger partial charge is 0.330 e. The van der Waals surface area contributed by atoms with Crippen molar-refractivity contribution in [1.29, 1.82) is 0 Å². The number of nitrogens with two attached hydrogens (primary N) is 1. The van der Waals surface area contributed by atoms with Gasteiger partial charge in [-0.15, -0.1) is 0 Å². The van der Waals surface area contributed by atoms with Crippen LogP contribution in [0, 0.1) is 0 Å². The van der Waals surface area contributed by atoms with E-state index >= 15 is 0 Å². The summed E-state index contributed by atoms with van der Waals surface area (Å²) >= 11 is 6.32. The average molecular weight is 276 g/mol. The lowest BCUT2D eigenvalue weighted by atomic mass is 10.0. The predicted octanol–water partition coefficient (Wildman–Crippen LogP) is 2.91. The van der Waals surface area contributed by atoms with Crippen molar-refractivity contribution < 1.29 is 0 Å². The highest BCUT2D eigenvalue weighted by Crippen LogP contribution is 2.28. The summed E-state index contributed by atoms with van der Waals surface area (Å²) in [6.07, 6.45) is 7.41. The van der Waals surface area contributed by atoms with Gasteiger partial charge in [-0.3, -0.25) is 0 Å². The standard InChI is InChI=1S/C15H18ClN3/c16-12-4-3-7-14(11(12)8-9-17)19-10-18-13-5-1-2-6-15(13)19/h3-4,7,10H,1-2,5-6,8-9,17H2. The van der Waals surface area contributed by atoms with Gasteiger partial charge < -0.3 is 10.3 Å². The van der Waals surface area contributed by atoms with Crippen LogP contribution >= 0.6 is 11.6 Å². The summed E-state index contributed by atoms with van der Waals surface area (Å²) in [6.45, 7) is 0.605. The van der Waals surface area contributed by atoms with Gasteiger partial charge in [-0.1, -0.05) is 17.7 Å². The highest BCUT2D eigenvalue weighted by molar-refractivity contribution is 6.31. The van der Waals surface area contributed by atoms with Gasteiger partial charge in [0.25, 0.3) is 0 Å². The van der Waals surface area contributed by atoms with E-state index in [9.17, 15) is 0 Å². The molecule has 2 aromatic rings. The molecule has 1 aliphatic carbocycles. The lowest BCUT2D eigenvalue weighted by molar-refractivity contribution is 0.655. The maximum absolute atomic E-state index is 6.32. The molecule has 0 fully saturated rings. The molecule has 0 radical (unpaired) electrons. The van der Waals surface area contributed by atoms with Gasteiger partial charge in [-0.2, -0.15) is 0 Å². The van der Waals surface area contributed by atoms with E-state index in [0.717, 1.165) is 35.5 Å². The zero-order valence-electron chi connectivity index (χ0n) is 10.9. The third kappa shape index (κ3) is 2.28. The minimum atomic E-state index is 0.605. The second kappa shape index (κ2) is 5.35. The summed E-state index contributed by atoms with van der Waals surface area (Å²) in [7, 11) is 0. The topological polar surface area (TPSA) is 43.8 Å². The normalized spacial score (nSPS) is 14.4. The van der Waals surface area contributed by atoms with Crippen molar-refractivity contribution in [2.45, 2.75) is 32.1 Å². The molecule has 1 aliphatic rings. The van der Waals surface area contributed by atoms with Crippen LogP contribution in [0.1, 0.15) is 29.8 Å². The SMILES string of the molecule is NCCc1c(Cl)cccc1-n1cnc2c1CCCC2. The number of aryl methyl sites for hydroxylation is 1. The number of halogens is 1. The Morgan fingerprint density at radius 2 is 2.11 bits per heavy atom. The second-order valence-corrected chi connectivity index (χ2v) is 5.40. The fourth-order valence-corrected chi connectivity index (χ4v) is 3.11. The zero-order chi connectivity index (χ0) is 13.2. The van der Waals surface area contributed by atoms with Crippen molar-refractivity contribution in [3.8, 4) is 5.69 Å². The van der Waals surface area contributed by atoms with Crippen LogP contribution in [-0.2, 0) is 19.3 Å². The molecule has 1 aromatic heterocycles. The van der Waals surface area contributed by atoms with Crippen LogP contribution in [0.5, 0.6) is 0 Å². The first-order chi connectivity index (χ1) is 9.31. The summed E-state index contributed by atoms with van der Waals surface area (Å²) in [4.78, 5) is 4.55. The van der Waals surface area contributed by atoms with Crippen molar-refractivity contribution in [2.24, 2.45) is 5.73 Å². The van der Waals surface area contributed by atoms with E-state index in [2.05, 4.69) is 15.6 Å². The minimum absolute atomic E-state index is 0.605. The fourth-order valence-electron chi connectivity index (χ4n) is 2.84. The summed E-state index contributed by atoms with van der Waals surface area (Å²) in [5.41, 5.74) is 10.5. The van der Waals surface area contributed by atoms with Gasteiger partial charge in [-0.05, 0) is 56.3 Å². The van der Waals surface area contributed by atoms with Gasteiger partial charge in [0, 0.05) is 10.7 Å². The molecule has 0 atom stereocenters. The first-order valence-electron chi connectivity index (χ1n) is 6.84. The maximum atomic E-state index is 6.32. The number of hydrogen-bond donors (Lipinski definition) is 1. The highest BCUT2D eigenvalue weighted by atomic mass is 35.5. The van der Waals surface area contributed by atoms with E-state index in [-0.39, 0.29) is 0 Å². The average Bonchev–Trinajstić information content (AvgIpc) is 2.85. The molecule has 0 aliphatic heterocycles. The van der Waals surface area contributed by atoms with E-state index in [1.807, 2.05) is 18.5 Å². The first kappa shape index (κ1) is 12.7. The van der Waals surface area contributed by atoms with Crippen molar-refractivity contribution in [3.05, 3.63) is 46.5 Å². The number of hydrogen-bond acceptors (Lipinski definition) is 2. The molecule has 1 heterocycles. The zero-order valence-corrected chi connectivity index (χ0v) is 11.7. The summed E-state index contributed by atoms with van der Waals surface area (Å²) in [5, 5.41) is 0.793. The van der Waals surface area contributed by atoms with E-state index in [1.54, 1.807) is 0 Å². The molecular weight excluding hydrogens is 258 g/mol. The molecule has 1 aromatic carbocycles. The van der Waals surface area contributed by atoms with E-state index < -0.39 is 0 Å². The lowest BCUT2D eigenvalue weighted by Gasteiger charge is -2.17. The fraction of sp³-hybridized carbons (Fsp3) is 0.400. The molecule has 3 rings (SSSR count). The third-order valence-corrected chi connectivity index (χ3v) is 4.13. The van der Waals surface area contributed by atoms with Gasteiger partial charge in [-0.25, -0.2) is 4.98 Å². The van der Waals surface area contributed by atoms with Crippen LogP contribution in [0.2, 0.25) is 5.02 Å². The Bertz CT molecular complexity index is 589. The predicted molar refractivity (Wildman–Crippen MR) is 78.0 cm³/mol. The number of benzene rings is 1. The Balaban J connectivity index is 2.11. The highest BCUT2D eigenvalue weighted by Gasteiger charge is 2.18. The molecular formula is C15H18ClN3. The number of fused-ring (bicyclic) bond motifs is 1. The Kier molecular flexibility index (Phi) is 3.58. The quantitative estimate of drug-likeness (QED) is 0.936. The molecule has 0 saturated carbocycles. The number of rotatable bonds is 3. The van der Waals surface area contributed by atoms with Gasteiger partial charge in [0.1, 0.15) is 0 Å². The minimum Gasteiger partial charge on any atom is -0.330 e. The van der Waals surface area contributed by atoms with E-state index in [0.29, 0.717) is 6.54 Å². The Morgan fingerprint density at radius 1 is 1.26 bits per heavy atom. The summed E-state index contributed by atoms with van der Waals surface area (Å²) in [6, 6.07) is 6.03. The molecule has 19 heavy (non-hydrogen) atoms. The molecule has 0 unspecified atom stereocenters. The van der Waals surface area contributed by atoms with Crippen LogP contribution in [-0.4, -0.2) is 16.1 Å². The van der Waals surface area contributed by atoms with Crippen molar-refractivity contribution in [2.75, 3.05) is 6.54 Å². The van der Waals surface area contributed by atoms with Crippen LogP contribution in [0.3, 0.4) is 0 Å². The van der Waals surface area contributed by atoms with Gasteiger partial charge >= 0.3 is 0 Å². The van der Waals surface area contributed by atoms with Crippen LogP contribution < -0.4 is 5.73 Å². The van der Waals surface area contributed by atoms with Crippen LogP contribution in [0.25, 0.3) is 5.69 Å². The van der Waals surface area contributed by atoms with Crippen molar-refractivity contribution >= 4 is 11.6 Å². The van der Waals surface area contributed by atoms with Crippen molar-refractivity contribution in [3.63, 3.8) is 0 Å². The summed E-state index contributed by atoms with van der Waals surface area (Å²) in [5.74, 6) is 0. The smallest absolute Gasteiger partial charge is 0.0997 e. The number of imidazole rings is 1. The van der Waals surface area contributed by atoms with E-state index in [1.165, 1.54) is 24.2 Å². The van der Waals surface area contributed by atoms with Crippen molar-refractivity contribution in [1.82, 2.24) is 9.55 Å². The molecule has 4 heteroatoms. The first-order valence-corrected chi connectivity index (χ1v) is 7.22. The summed E-state index contributed by atoms with van der Waals surface area (Å²) < 4.78 is 2.20. The van der Waals surface area contributed by atoms with Gasteiger partial charge in [0.2, 0.25) is 0 Å². The molecule has 3 nitrogen and oxygen atoms in total. The molecule has 0 amide bonds. The third-order valence-electron chi connectivity index (χ3n) is 3.78. The van der Waals surface area contributed by atoms with E-state index in [4.69, 9.17) is 17.3 Å². The molecule has 0 saturated heterocycles. The molecule has 0 bridgehead atoms. The van der Waals surface area contributed by atoms with Gasteiger partial charge in [0.05, 0.1) is 17.7 Å².